The van der Waals surface area contributed by atoms with Crippen molar-refractivity contribution in [1.82, 2.24) is 15.5 Å². The SMILES string of the molecule is Cc1nc(-c2cccc(C(=O)N[C@H](C)CC(=O)O)c2)no1. The number of nitrogens with one attached hydrogen (secondary N) is 1. The predicted octanol–water partition coefficient (Wildman–Crippen LogP) is 1.64. The Morgan fingerprint density at radius 3 is 2.81 bits per heavy atom. The molecule has 0 aliphatic heterocycles. The Balaban J connectivity index is 2.13. The van der Waals surface area contributed by atoms with Gasteiger partial charge >= 0.3 is 5.97 Å². The van der Waals surface area contributed by atoms with E-state index in [1.54, 1.807) is 38.1 Å². The molecular weight excluding hydrogens is 274 g/mol. The van der Waals surface area contributed by atoms with Gasteiger partial charge in [-0.2, -0.15) is 4.98 Å². The Labute approximate surface area is 121 Å². The van der Waals surface area contributed by atoms with Gasteiger partial charge in [0.1, 0.15) is 0 Å². The fourth-order valence-corrected chi connectivity index (χ4v) is 1.84. The Morgan fingerprint density at radius 1 is 1.43 bits per heavy atom. The molecule has 0 bridgehead atoms. The monoisotopic (exact) mass is 289 g/mol. The third-order valence-corrected chi connectivity index (χ3v) is 2.77. The zero-order chi connectivity index (χ0) is 15.4. The van der Waals surface area contributed by atoms with Crippen molar-refractivity contribution in [2.24, 2.45) is 0 Å². The summed E-state index contributed by atoms with van der Waals surface area (Å²) in [6, 6.07) is 6.29. The standard InChI is InChI=1S/C14H15N3O4/c1-8(6-12(18)19)15-14(20)11-5-3-4-10(7-11)13-16-9(2)21-17-13/h3-5,7-8H,6H2,1-2H3,(H,15,20)(H,18,19)/t8-/m1/s1. The first-order valence-electron chi connectivity index (χ1n) is 6.39. The van der Waals surface area contributed by atoms with E-state index in [-0.39, 0.29) is 12.3 Å². The largest absolute Gasteiger partial charge is 0.481 e. The van der Waals surface area contributed by atoms with Crippen LogP contribution in [-0.4, -0.2) is 33.2 Å². The molecule has 0 aliphatic carbocycles. The molecule has 0 aliphatic rings. The molecule has 110 valence electrons. The molecule has 1 aromatic heterocycles. The minimum atomic E-state index is -0.959. The van der Waals surface area contributed by atoms with E-state index in [1.165, 1.54) is 0 Å². The zero-order valence-corrected chi connectivity index (χ0v) is 11.7. The smallest absolute Gasteiger partial charge is 0.305 e. The molecule has 21 heavy (non-hydrogen) atoms. The number of amides is 1. The highest BCUT2D eigenvalue weighted by molar-refractivity contribution is 5.95. The lowest BCUT2D eigenvalue weighted by atomic mass is 10.1. The average Bonchev–Trinajstić information content (AvgIpc) is 2.84. The van der Waals surface area contributed by atoms with Gasteiger partial charge in [0.2, 0.25) is 11.7 Å². The quantitative estimate of drug-likeness (QED) is 0.866. The number of aromatic nitrogens is 2. The van der Waals surface area contributed by atoms with Gasteiger partial charge in [-0.1, -0.05) is 17.3 Å². The van der Waals surface area contributed by atoms with Gasteiger partial charge in [0.25, 0.3) is 5.91 Å². The molecule has 0 radical (unpaired) electrons. The number of hydrogen-bond acceptors (Lipinski definition) is 5. The van der Waals surface area contributed by atoms with Gasteiger partial charge in [-0.15, -0.1) is 0 Å². The van der Waals surface area contributed by atoms with Crippen LogP contribution < -0.4 is 5.32 Å². The molecule has 7 heteroatoms. The molecule has 0 fully saturated rings. The summed E-state index contributed by atoms with van der Waals surface area (Å²) >= 11 is 0. The molecular formula is C14H15N3O4. The maximum Gasteiger partial charge on any atom is 0.305 e. The van der Waals surface area contributed by atoms with E-state index >= 15 is 0 Å². The Hall–Kier alpha value is -2.70. The molecule has 1 aromatic carbocycles. The Morgan fingerprint density at radius 2 is 2.19 bits per heavy atom. The highest BCUT2D eigenvalue weighted by atomic mass is 16.5. The number of nitrogens with zero attached hydrogens (tertiary/aromatic N) is 2. The van der Waals surface area contributed by atoms with Crippen LogP contribution in [0, 0.1) is 6.92 Å². The van der Waals surface area contributed by atoms with Crippen molar-refractivity contribution in [1.29, 1.82) is 0 Å². The van der Waals surface area contributed by atoms with Gasteiger partial charge in [0.15, 0.2) is 0 Å². The van der Waals surface area contributed by atoms with Crippen LogP contribution >= 0.6 is 0 Å². The first kappa shape index (κ1) is 14.7. The van der Waals surface area contributed by atoms with Crippen LogP contribution in [0.25, 0.3) is 11.4 Å². The van der Waals surface area contributed by atoms with Crippen molar-refractivity contribution in [2.45, 2.75) is 26.3 Å². The fraction of sp³-hybridized carbons (Fsp3) is 0.286. The minimum Gasteiger partial charge on any atom is -0.481 e. The van der Waals surface area contributed by atoms with E-state index in [9.17, 15) is 9.59 Å². The molecule has 0 unspecified atom stereocenters. The van der Waals surface area contributed by atoms with Crippen molar-refractivity contribution < 1.29 is 19.2 Å². The second kappa shape index (κ2) is 6.17. The molecule has 1 heterocycles. The lowest BCUT2D eigenvalue weighted by Gasteiger charge is -2.11. The molecule has 0 saturated carbocycles. The lowest BCUT2D eigenvalue weighted by Crippen LogP contribution is -2.34. The van der Waals surface area contributed by atoms with Gasteiger partial charge in [-0.3, -0.25) is 9.59 Å². The van der Waals surface area contributed by atoms with Crippen LogP contribution in [0.15, 0.2) is 28.8 Å². The van der Waals surface area contributed by atoms with Crippen molar-refractivity contribution in [2.75, 3.05) is 0 Å². The fourth-order valence-electron chi connectivity index (χ4n) is 1.84. The van der Waals surface area contributed by atoms with Gasteiger partial charge < -0.3 is 14.9 Å². The van der Waals surface area contributed by atoms with E-state index < -0.39 is 12.0 Å². The molecule has 2 aromatic rings. The van der Waals surface area contributed by atoms with E-state index in [4.69, 9.17) is 9.63 Å². The maximum atomic E-state index is 12.1. The van der Waals surface area contributed by atoms with E-state index in [1.807, 2.05) is 0 Å². The van der Waals surface area contributed by atoms with E-state index in [2.05, 4.69) is 15.5 Å². The summed E-state index contributed by atoms with van der Waals surface area (Å²) < 4.78 is 4.90. The third-order valence-electron chi connectivity index (χ3n) is 2.77. The predicted molar refractivity (Wildman–Crippen MR) is 73.7 cm³/mol. The first-order valence-corrected chi connectivity index (χ1v) is 6.39. The molecule has 0 saturated heterocycles. The number of carboxylic acid groups (broad SMARTS) is 1. The number of carbonyl (C=O) groups excluding carboxylic acids is 1. The molecule has 1 atom stereocenters. The molecule has 7 nitrogen and oxygen atoms in total. The van der Waals surface area contributed by atoms with Gasteiger partial charge in [0, 0.05) is 24.1 Å². The van der Waals surface area contributed by atoms with Crippen LogP contribution in [0.5, 0.6) is 0 Å². The number of benzene rings is 1. The van der Waals surface area contributed by atoms with Crippen LogP contribution in [-0.2, 0) is 4.79 Å². The zero-order valence-electron chi connectivity index (χ0n) is 11.7. The summed E-state index contributed by atoms with van der Waals surface area (Å²) in [4.78, 5) is 26.7. The van der Waals surface area contributed by atoms with Gasteiger partial charge in [0.05, 0.1) is 6.42 Å². The summed E-state index contributed by atoms with van der Waals surface area (Å²) in [5.74, 6) is -0.458. The molecule has 2 rings (SSSR count). The molecule has 2 N–H and O–H groups in total. The number of carbonyl (C=O) groups is 2. The summed E-state index contributed by atoms with van der Waals surface area (Å²) in [5, 5.41) is 15.1. The summed E-state index contributed by atoms with van der Waals surface area (Å²) in [7, 11) is 0. The van der Waals surface area contributed by atoms with E-state index in [0.29, 0.717) is 22.8 Å². The topological polar surface area (TPSA) is 105 Å². The number of rotatable bonds is 5. The minimum absolute atomic E-state index is 0.129. The Kier molecular flexibility index (Phi) is 4.32. The van der Waals surface area contributed by atoms with Crippen LogP contribution in [0.4, 0.5) is 0 Å². The van der Waals surface area contributed by atoms with Crippen molar-refractivity contribution in [3.8, 4) is 11.4 Å². The highest BCUT2D eigenvalue weighted by Crippen LogP contribution is 2.17. The van der Waals surface area contributed by atoms with Crippen molar-refractivity contribution in [3.05, 3.63) is 35.7 Å². The number of hydrogen-bond donors (Lipinski definition) is 2. The molecule has 0 spiro atoms. The van der Waals surface area contributed by atoms with Crippen LogP contribution in [0.1, 0.15) is 29.6 Å². The van der Waals surface area contributed by atoms with E-state index in [0.717, 1.165) is 0 Å². The van der Waals surface area contributed by atoms with Crippen LogP contribution in [0.3, 0.4) is 0 Å². The second-order valence-corrected chi connectivity index (χ2v) is 4.69. The summed E-state index contributed by atoms with van der Waals surface area (Å²) in [6.45, 7) is 3.32. The summed E-state index contributed by atoms with van der Waals surface area (Å²) in [6.07, 6.45) is -0.129. The van der Waals surface area contributed by atoms with Crippen molar-refractivity contribution >= 4 is 11.9 Å². The Bertz CT molecular complexity index is 666. The van der Waals surface area contributed by atoms with Gasteiger partial charge in [-0.05, 0) is 19.1 Å². The average molecular weight is 289 g/mol. The number of aryl methyl sites for hydroxylation is 1. The highest BCUT2D eigenvalue weighted by Gasteiger charge is 2.14. The normalized spacial score (nSPS) is 11.9. The second-order valence-electron chi connectivity index (χ2n) is 4.69. The van der Waals surface area contributed by atoms with Gasteiger partial charge in [-0.25, -0.2) is 0 Å². The maximum absolute atomic E-state index is 12.1. The van der Waals surface area contributed by atoms with Crippen LogP contribution in [0.2, 0.25) is 0 Å². The first-order chi connectivity index (χ1) is 9.95. The number of carboxylic acids is 1. The van der Waals surface area contributed by atoms with Crippen molar-refractivity contribution in [3.63, 3.8) is 0 Å². The third kappa shape index (κ3) is 3.88. The molecule has 1 amide bonds. The summed E-state index contributed by atoms with van der Waals surface area (Å²) in [5.41, 5.74) is 1.07. The number of aliphatic carboxylic acids is 1. The lowest BCUT2D eigenvalue weighted by molar-refractivity contribution is -0.137.